The molecule has 6 heteroatoms. The van der Waals surface area contributed by atoms with E-state index in [1.54, 1.807) is 18.2 Å². The fourth-order valence-electron chi connectivity index (χ4n) is 1.59. The van der Waals surface area contributed by atoms with Crippen LogP contribution in [0.1, 0.15) is 12.5 Å². The molecule has 0 aliphatic carbocycles. The summed E-state index contributed by atoms with van der Waals surface area (Å²) < 4.78 is 5.49. The van der Waals surface area contributed by atoms with Crippen LogP contribution in [0.3, 0.4) is 0 Å². The lowest BCUT2D eigenvalue weighted by atomic mass is 10.1. The van der Waals surface area contributed by atoms with Crippen molar-refractivity contribution < 1.29 is 9.66 Å². The van der Waals surface area contributed by atoms with Crippen molar-refractivity contribution in [2.75, 3.05) is 0 Å². The van der Waals surface area contributed by atoms with Crippen LogP contribution in [0.15, 0.2) is 36.5 Å². The maximum absolute atomic E-state index is 11.0. The second-order valence-electron chi connectivity index (χ2n) is 3.83. The first-order chi connectivity index (χ1) is 9.10. The van der Waals surface area contributed by atoms with Crippen molar-refractivity contribution in [1.29, 1.82) is 0 Å². The molecule has 98 valence electrons. The molecule has 1 heterocycles. The Balaban J connectivity index is 2.36. The van der Waals surface area contributed by atoms with Crippen molar-refractivity contribution in [2.45, 2.75) is 13.3 Å². The van der Waals surface area contributed by atoms with E-state index < -0.39 is 4.92 Å². The van der Waals surface area contributed by atoms with Crippen LogP contribution in [-0.2, 0) is 6.42 Å². The third kappa shape index (κ3) is 3.20. The van der Waals surface area contributed by atoms with E-state index in [-0.39, 0.29) is 16.6 Å². The molecule has 1 aromatic heterocycles. The van der Waals surface area contributed by atoms with Gasteiger partial charge in [-0.15, -0.1) is 0 Å². The van der Waals surface area contributed by atoms with Crippen LogP contribution < -0.4 is 4.74 Å². The Bertz CT molecular complexity index is 617. The van der Waals surface area contributed by atoms with Gasteiger partial charge in [0, 0.05) is 18.3 Å². The van der Waals surface area contributed by atoms with E-state index in [0.717, 1.165) is 12.0 Å². The molecule has 5 nitrogen and oxygen atoms in total. The number of aromatic nitrogens is 1. The maximum Gasteiger partial charge on any atom is 0.311 e. The minimum absolute atomic E-state index is 0.0627. The Kier molecular flexibility index (Phi) is 3.97. The van der Waals surface area contributed by atoms with Crippen LogP contribution in [0, 0.1) is 10.1 Å². The van der Waals surface area contributed by atoms with Gasteiger partial charge >= 0.3 is 5.69 Å². The zero-order chi connectivity index (χ0) is 13.8. The van der Waals surface area contributed by atoms with Crippen molar-refractivity contribution in [3.8, 4) is 11.5 Å². The molecule has 0 N–H and O–H groups in total. The molecule has 0 aliphatic heterocycles. The average molecular weight is 279 g/mol. The predicted octanol–water partition coefficient (Wildman–Crippen LogP) is 4.00. The number of nitro benzene ring substituents is 1. The Hall–Kier alpha value is -2.14. The van der Waals surface area contributed by atoms with Crippen LogP contribution in [0.5, 0.6) is 11.5 Å². The summed E-state index contributed by atoms with van der Waals surface area (Å²) in [4.78, 5) is 14.4. The molecule has 0 saturated heterocycles. The first-order valence-corrected chi connectivity index (χ1v) is 6.04. The summed E-state index contributed by atoms with van der Waals surface area (Å²) >= 11 is 5.74. The van der Waals surface area contributed by atoms with Gasteiger partial charge in [0.25, 0.3) is 0 Å². The Morgan fingerprint density at radius 3 is 2.79 bits per heavy atom. The van der Waals surface area contributed by atoms with Gasteiger partial charge in [0.2, 0.25) is 5.75 Å². The number of nitrogens with zero attached hydrogens (tertiary/aromatic N) is 2. The van der Waals surface area contributed by atoms with E-state index in [1.807, 2.05) is 6.92 Å². The summed E-state index contributed by atoms with van der Waals surface area (Å²) in [5, 5.41) is 11.3. The van der Waals surface area contributed by atoms with E-state index in [2.05, 4.69) is 4.98 Å². The molecule has 0 atom stereocenters. The second-order valence-corrected chi connectivity index (χ2v) is 4.22. The number of benzene rings is 1. The van der Waals surface area contributed by atoms with Gasteiger partial charge in [0.15, 0.2) is 0 Å². The summed E-state index contributed by atoms with van der Waals surface area (Å²) in [6, 6.07) is 7.98. The lowest BCUT2D eigenvalue weighted by molar-refractivity contribution is -0.385. The zero-order valence-corrected chi connectivity index (χ0v) is 10.9. The van der Waals surface area contributed by atoms with E-state index in [4.69, 9.17) is 16.3 Å². The molecule has 2 aromatic rings. The van der Waals surface area contributed by atoms with Gasteiger partial charge in [0.1, 0.15) is 10.9 Å². The maximum atomic E-state index is 11.0. The highest BCUT2D eigenvalue weighted by Gasteiger charge is 2.16. The van der Waals surface area contributed by atoms with E-state index in [1.165, 1.54) is 18.3 Å². The molecule has 0 aliphatic rings. The number of rotatable bonds is 4. The first-order valence-electron chi connectivity index (χ1n) is 5.67. The average Bonchev–Trinajstić information content (AvgIpc) is 2.39. The number of hydrogen-bond donors (Lipinski definition) is 0. The summed E-state index contributed by atoms with van der Waals surface area (Å²) in [5.74, 6) is 0.594. The second kappa shape index (κ2) is 5.67. The molecule has 0 spiro atoms. The molecule has 0 saturated carbocycles. The van der Waals surface area contributed by atoms with Crippen LogP contribution in [0.25, 0.3) is 0 Å². The van der Waals surface area contributed by atoms with Crippen molar-refractivity contribution in [2.24, 2.45) is 0 Å². The van der Waals surface area contributed by atoms with E-state index in [9.17, 15) is 10.1 Å². The number of hydrogen-bond acceptors (Lipinski definition) is 4. The van der Waals surface area contributed by atoms with Crippen molar-refractivity contribution in [1.82, 2.24) is 4.98 Å². The summed E-state index contributed by atoms with van der Waals surface area (Å²) in [7, 11) is 0. The molecule has 2 rings (SSSR count). The number of nitro groups is 1. The van der Waals surface area contributed by atoms with E-state index >= 15 is 0 Å². The first kappa shape index (κ1) is 13.3. The third-order valence-corrected chi connectivity index (χ3v) is 2.76. The van der Waals surface area contributed by atoms with Crippen molar-refractivity contribution in [3.05, 3.63) is 57.4 Å². The lowest BCUT2D eigenvalue weighted by Gasteiger charge is -2.07. The summed E-state index contributed by atoms with van der Waals surface area (Å²) in [6.07, 6.45) is 2.20. The molecule has 1 aromatic carbocycles. The molecule has 0 fully saturated rings. The highest BCUT2D eigenvalue weighted by Crippen LogP contribution is 2.32. The van der Waals surface area contributed by atoms with Crippen LogP contribution >= 0.6 is 11.6 Å². The molecule has 0 unspecified atom stereocenters. The van der Waals surface area contributed by atoms with Gasteiger partial charge in [-0.2, -0.15) is 0 Å². The Morgan fingerprint density at radius 2 is 2.16 bits per heavy atom. The normalized spacial score (nSPS) is 10.2. The summed E-state index contributed by atoms with van der Waals surface area (Å²) in [6.45, 7) is 1.93. The number of ether oxygens (including phenoxy) is 1. The van der Waals surface area contributed by atoms with Crippen molar-refractivity contribution >= 4 is 17.3 Å². The van der Waals surface area contributed by atoms with Gasteiger partial charge in [-0.05, 0) is 24.1 Å². The van der Waals surface area contributed by atoms with Gasteiger partial charge in [-0.25, -0.2) is 4.98 Å². The monoisotopic (exact) mass is 278 g/mol. The quantitative estimate of drug-likeness (QED) is 0.482. The molecular formula is C13H11ClN2O3. The smallest absolute Gasteiger partial charge is 0.311 e. The number of halogens is 1. The largest absolute Gasteiger partial charge is 0.450 e. The molecule has 0 amide bonds. The van der Waals surface area contributed by atoms with Gasteiger partial charge in [-0.1, -0.05) is 24.6 Å². The lowest BCUT2D eigenvalue weighted by Crippen LogP contribution is -1.95. The molecule has 19 heavy (non-hydrogen) atoms. The van der Waals surface area contributed by atoms with Crippen LogP contribution in [-0.4, -0.2) is 9.91 Å². The fourth-order valence-corrected chi connectivity index (χ4v) is 1.75. The molecule has 0 radical (unpaired) electrons. The SMILES string of the molecule is CCc1ccc(Oc2ccnc(Cl)c2)c([N+](=O)[O-])c1. The third-order valence-electron chi connectivity index (χ3n) is 2.55. The fraction of sp³-hybridized carbons (Fsp3) is 0.154. The van der Waals surface area contributed by atoms with Gasteiger partial charge < -0.3 is 4.74 Å². The Labute approximate surface area is 115 Å². The minimum Gasteiger partial charge on any atom is -0.450 e. The van der Waals surface area contributed by atoms with Crippen LogP contribution in [0.4, 0.5) is 5.69 Å². The highest BCUT2D eigenvalue weighted by molar-refractivity contribution is 6.29. The molecule has 0 bridgehead atoms. The molecular weight excluding hydrogens is 268 g/mol. The number of pyridine rings is 1. The van der Waals surface area contributed by atoms with Crippen molar-refractivity contribution in [3.63, 3.8) is 0 Å². The van der Waals surface area contributed by atoms with E-state index in [0.29, 0.717) is 5.75 Å². The minimum atomic E-state index is -0.461. The summed E-state index contributed by atoms with van der Waals surface area (Å²) in [5.41, 5.74) is 0.819. The standard InChI is InChI=1S/C13H11ClN2O3/c1-2-9-3-4-12(11(7-9)16(17)18)19-10-5-6-15-13(14)8-10/h3-8H,2H2,1H3. The van der Waals surface area contributed by atoms with Gasteiger partial charge in [0.05, 0.1) is 4.92 Å². The predicted molar refractivity (Wildman–Crippen MR) is 71.8 cm³/mol. The Morgan fingerprint density at radius 1 is 1.37 bits per heavy atom. The topological polar surface area (TPSA) is 65.3 Å². The zero-order valence-electron chi connectivity index (χ0n) is 10.2. The van der Waals surface area contributed by atoms with Gasteiger partial charge in [-0.3, -0.25) is 10.1 Å². The van der Waals surface area contributed by atoms with Crippen LogP contribution in [0.2, 0.25) is 5.15 Å². The highest BCUT2D eigenvalue weighted by atomic mass is 35.5. The number of aryl methyl sites for hydroxylation is 1.